The van der Waals surface area contributed by atoms with E-state index in [4.69, 9.17) is 5.73 Å². The van der Waals surface area contributed by atoms with Crippen LogP contribution in [0.15, 0.2) is 51.4 Å². The SMILES string of the molecule is NC(=O)C(Nc1cccc(Br)c1)c1ccc(Br)cc1F. The number of nitrogens with two attached hydrogens (primary N) is 1. The highest BCUT2D eigenvalue weighted by molar-refractivity contribution is 9.10. The van der Waals surface area contributed by atoms with Gasteiger partial charge in [-0.15, -0.1) is 0 Å². The van der Waals surface area contributed by atoms with Gasteiger partial charge >= 0.3 is 0 Å². The molecule has 0 saturated heterocycles. The third-order valence-electron chi connectivity index (χ3n) is 2.69. The molecule has 2 rings (SSSR count). The van der Waals surface area contributed by atoms with Gasteiger partial charge in [0.15, 0.2) is 0 Å². The first-order valence-electron chi connectivity index (χ1n) is 5.74. The normalized spacial score (nSPS) is 11.9. The average Bonchev–Trinajstić information content (AvgIpc) is 2.36. The van der Waals surface area contributed by atoms with Gasteiger partial charge in [0.25, 0.3) is 0 Å². The van der Waals surface area contributed by atoms with Crippen LogP contribution in [0.2, 0.25) is 0 Å². The summed E-state index contributed by atoms with van der Waals surface area (Å²) in [7, 11) is 0. The van der Waals surface area contributed by atoms with Crippen molar-refractivity contribution in [3.8, 4) is 0 Å². The van der Waals surface area contributed by atoms with Gasteiger partial charge < -0.3 is 11.1 Å². The molecule has 0 aliphatic heterocycles. The minimum absolute atomic E-state index is 0.209. The van der Waals surface area contributed by atoms with Gasteiger partial charge in [0, 0.05) is 20.2 Å². The van der Waals surface area contributed by atoms with Crippen molar-refractivity contribution in [1.29, 1.82) is 0 Å². The number of carbonyl (C=O) groups excluding carboxylic acids is 1. The second-order valence-corrected chi connectivity index (χ2v) is 5.99. The number of amides is 1. The van der Waals surface area contributed by atoms with E-state index in [1.54, 1.807) is 18.2 Å². The first kappa shape index (κ1) is 15.0. The van der Waals surface area contributed by atoms with Crippen LogP contribution in [0.1, 0.15) is 11.6 Å². The summed E-state index contributed by atoms with van der Waals surface area (Å²) in [6.45, 7) is 0. The van der Waals surface area contributed by atoms with Crippen LogP contribution in [0.25, 0.3) is 0 Å². The number of hydrogen-bond donors (Lipinski definition) is 2. The molecule has 0 aliphatic carbocycles. The lowest BCUT2D eigenvalue weighted by Gasteiger charge is -2.18. The molecule has 2 aromatic carbocycles. The molecule has 2 aromatic rings. The van der Waals surface area contributed by atoms with Crippen molar-refractivity contribution in [2.75, 3.05) is 5.32 Å². The van der Waals surface area contributed by atoms with E-state index < -0.39 is 17.8 Å². The van der Waals surface area contributed by atoms with Crippen LogP contribution < -0.4 is 11.1 Å². The number of benzene rings is 2. The Hall–Kier alpha value is -1.40. The predicted molar refractivity (Wildman–Crippen MR) is 83.8 cm³/mol. The van der Waals surface area contributed by atoms with E-state index in [0.717, 1.165) is 4.47 Å². The third-order valence-corrected chi connectivity index (χ3v) is 3.68. The van der Waals surface area contributed by atoms with Gasteiger partial charge in [0.1, 0.15) is 11.9 Å². The summed E-state index contributed by atoms with van der Waals surface area (Å²) in [6.07, 6.45) is 0. The fourth-order valence-electron chi connectivity index (χ4n) is 1.78. The first-order chi connectivity index (χ1) is 9.47. The van der Waals surface area contributed by atoms with E-state index in [-0.39, 0.29) is 5.56 Å². The van der Waals surface area contributed by atoms with Crippen LogP contribution in [-0.2, 0) is 4.79 Å². The molecule has 3 N–H and O–H groups in total. The third kappa shape index (κ3) is 3.58. The Morgan fingerprint density at radius 3 is 2.45 bits per heavy atom. The van der Waals surface area contributed by atoms with Gasteiger partial charge in [0.2, 0.25) is 5.91 Å². The van der Waals surface area contributed by atoms with Gasteiger partial charge in [0.05, 0.1) is 0 Å². The van der Waals surface area contributed by atoms with E-state index in [1.165, 1.54) is 12.1 Å². The van der Waals surface area contributed by atoms with Crippen molar-refractivity contribution in [1.82, 2.24) is 0 Å². The number of primary amides is 1. The fourth-order valence-corrected chi connectivity index (χ4v) is 2.52. The summed E-state index contributed by atoms with van der Waals surface area (Å²) < 4.78 is 15.4. The summed E-state index contributed by atoms with van der Waals surface area (Å²) in [5.74, 6) is -1.14. The van der Waals surface area contributed by atoms with E-state index in [9.17, 15) is 9.18 Å². The van der Waals surface area contributed by atoms with Gasteiger partial charge in [-0.25, -0.2) is 4.39 Å². The molecule has 1 unspecified atom stereocenters. The van der Waals surface area contributed by atoms with Crippen LogP contribution in [0, 0.1) is 5.82 Å². The minimum Gasteiger partial charge on any atom is -0.370 e. The highest BCUT2D eigenvalue weighted by Crippen LogP contribution is 2.25. The van der Waals surface area contributed by atoms with E-state index in [1.807, 2.05) is 12.1 Å². The second kappa shape index (κ2) is 6.37. The lowest BCUT2D eigenvalue weighted by Crippen LogP contribution is -2.28. The van der Waals surface area contributed by atoms with Gasteiger partial charge in [-0.2, -0.15) is 0 Å². The molecule has 0 heterocycles. The summed E-state index contributed by atoms with van der Waals surface area (Å²) in [5, 5.41) is 2.94. The molecule has 1 atom stereocenters. The quantitative estimate of drug-likeness (QED) is 0.813. The van der Waals surface area contributed by atoms with Crippen molar-refractivity contribution in [2.24, 2.45) is 5.73 Å². The Bertz CT molecular complexity index is 649. The zero-order chi connectivity index (χ0) is 14.7. The molecule has 104 valence electrons. The molecular formula is C14H11Br2FN2O. The standard InChI is InChI=1S/C14H11Br2FN2O/c15-8-2-1-3-10(6-8)19-13(14(18)20)11-5-4-9(16)7-12(11)17/h1-7,13,19H,(H2,18,20). The Morgan fingerprint density at radius 1 is 1.15 bits per heavy atom. The molecule has 0 fully saturated rings. The van der Waals surface area contributed by atoms with Crippen LogP contribution in [0.4, 0.5) is 10.1 Å². The van der Waals surface area contributed by atoms with Crippen LogP contribution in [-0.4, -0.2) is 5.91 Å². The van der Waals surface area contributed by atoms with E-state index >= 15 is 0 Å². The Balaban J connectivity index is 2.34. The predicted octanol–water partition coefficient (Wildman–Crippen LogP) is 3.99. The number of nitrogens with one attached hydrogen (secondary N) is 1. The van der Waals surface area contributed by atoms with Crippen LogP contribution in [0.5, 0.6) is 0 Å². The van der Waals surface area contributed by atoms with Crippen molar-refractivity contribution < 1.29 is 9.18 Å². The first-order valence-corrected chi connectivity index (χ1v) is 7.32. The summed E-state index contributed by atoms with van der Waals surface area (Å²) in [4.78, 5) is 11.6. The Labute approximate surface area is 132 Å². The maximum absolute atomic E-state index is 14.0. The van der Waals surface area contributed by atoms with Crippen molar-refractivity contribution in [3.05, 3.63) is 62.8 Å². The van der Waals surface area contributed by atoms with Crippen LogP contribution >= 0.6 is 31.9 Å². The Morgan fingerprint density at radius 2 is 1.85 bits per heavy atom. The molecule has 0 aliphatic rings. The molecule has 20 heavy (non-hydrogen) atoms. The fraction of sp³-hybridized carbons (Fsp3) is 0.0714. The number of carbonyl (C=O) groups is 1. The Kier molecular flexibility index (Phi) is 4.77. The monoisotopic (exact) mass is 400 g/mol. The topological polar surface area (TPSA) is 55.1 Å². The summed E-state index contributed by atoms with van der Waals surface area (Å²) >= 11 is 6.51. The smallest absolute Gasteiger partial charge is 0.244 e. The largest absolute Gasteiger partial charge is 0.370 e. The number of rotatable bonds is 4. The van der Waals surface area contributed by atoms with E-state index in [0.29, 0.717) is 10.2 Å². The number of halogens is 3. The molecule has 0 aromatic heterocycles. The highest BCUT2D eigenvalue weighted by Gasteiger charge is 2.21. The lowest BCUT2D eigenvalue weighted by atomic mass is 10.1. The molecule has 6 heteroatoms. The number of hydrogen-bond acceptors (Lipinski definition) is 2. The van der Waals surface area contributed by atoms with Crippen molar-refractivity contribution >= 4 is 43.5 Å². The highest BCUT2D eigenvalue weighted by atomic mass is 79.9. The molecule has 3 nitrogen and oxygen atoms in total. The average molecular weight is 402 g/mol. The lowest BCUT2D eigenvalue weighted by molar-refractivity contribution is -0.118. The number of anilines is 1. The van der Waals surface area contributed by atoms with Crippen LogP contribution in [0.3, 0.4) is 0 Å². The summed E-state index contributed by atoms with van der Waals surface area (Å²) in [5.41, 5.74) is 6.25. The molecule has 0 radical (unpaired) electrons. The second-order valence-electron chi connectivity index (χ2n) is 4.16. The van der Waals surface area contributed by atoms with E-state index in [2.05, 4.69) is 37.2 Å². The molecule has 0 bridgehead atoms. The molecule has 1 amide bonds. The molecule has 0 saturated carbocycles. The van der Waals surface area contributed by atoms with Gasteiger partial charge in [-0.3, -0.25) is 4.79 Å². The molecular weight excluding hydrogens is 391 g/mol. The van der Waals surface area contributed by atoms with Crippen molar-refractivity contribution in [2.45, 2.75) is 6.04 Å². The van der Waals surface area contributed by atoms with Gasteiger partial charge in [-0.1, -0.05) is 44.0 Å². The zero-order valence-corrected chi connectivity index (χ0v) is 13.4. The summed E-state index contributed by atoms with van der Waals surface area (Å²) in [6, 6.07) is 10.8. The zero-order valence-electron chi connectivity index (χ0n) is 10.2. The van der Waals surface area contributed by atoms with Crippen molar-refractivity contribution in [3.63, 3.8) is 0 Å². The van der Waals surface area contributed by atoms with Gasteiger partial charge in [-0.05, 0) is 30.3 Å². The maximum atomic E-state index is 14.0. The molecule has 0 spiro atoms. The maximum Gasteiger partial charge on any atom is 0.244 e. The minimum atomic E-state index is -0.933.